The molecule has 29 heavy (non-hydrogen) atoms. The van der Waals surface area contributed by atoms with E-state index in [2.05, 4.69) is 15.5 Å². The van der Waals surface area contributed by atoms with Crippen LogP contribution in [0.5, 0.6) is 0 Å². The Kier molecular flexibility index (Phi) is 5.14. The van der Waals surface area contributed by atoms with Gasteiger partial charge in [0.25, 0.3) is 0 Å². The highest BCUT2D eigenvalue weighted by atomic mass is 32.2. The molecule has 2 aromatic heterocycles. The molecule has 0 aliphatic rings. The zero-order valence-corrected chi connectivity index (χ0v) is 17.9. The lowest BCUT2D eigenvalue weighted by atomic mass is 9.95. The molecule has 2 aromatic carbocycles. The van der Waals surface area contributed by atoms with Crippen LogP contribution >= 0.6 is 23.1 Å². The number of rotatable bonds is 5. The Morgan fingerprint density at radius 3 is 2.52 bits per heavy atom. The maximum Gasteiger partial charge on any atom is 0.229 e. The monoisotopic (exact) mass is 424 g/mol. The van der Waals surface area contributed by atoms with Crippen molar-refractivity contribution in [2.75, 3.05) is 11.1 Å². The SMILES string of the molecule is CC(C)(C)C(=O)Nc1ccc(C(=O)CSc2nnc3sc4ccccc4n23)cc1. The Morgan fingerprint density at radius 1 is 1.07 bits per heavy atom. The molecule has 8 heteroatoms. The summed E-state index contributed by atoms with van der Waals surface area (Å²) in [5.41, 5.74) is 1.85. The molecule has 1 N–H and O–H groups in total. The number of fused-ring (bicyclic) bond motifs is 3. The second kappa shape index (κ2) is 7.61. The smallest absolute Gasteiger partial charge is 0.229 e. The average molecular weight is 425 g/mol. The van der Waals surface area contributed by atoms with Gasteiger partial charge in [-0.15, -0.1) is 10.2 Å². The number of amides is 1. The highest BCUT2D eigenvalue weighted by molar-refractivity contribution is 7.99. The Bertz CT molecular complexity index is 1200. The van der Waals surface area contributed by atoms with Crippen LogP contribution in [0.4, 0.5) is 5.69 Å². The number of thioether (sulfide) groups is 1. The van der Waals surface area contributed by atoms with Crippen molar-refractivity contribution in [3.63, 3.8) is 0 Å². The topological polar surface area (TPSA) is 76.4 Å². The van der Waals surface area contributed by atoms with Crippen molar-refractivity contribution in [3.8, 4) is 0 Å². The minimum atomic E-state index is -0.472. The van der Waals surface area contributed by atoms with Gasteiger partial charge in [-0.25, -0.2) is 0 Å². The maximum atomic E-state index is 12.6. The summed E-state index contributed by atoms with van der Waals surface area (Å²) in [5, 5.41) is 12.0. The molecule has 0 atom stereocenters. The summed E-state index contributed by atoms with van der Waals surface area (Å²) in [6.07, 6.45) is 0. The molecule has 148 valence electrons. The number of ketones is 1. The molecule has 4 aromatic rings. The Morgan fingerprint density at radius 2 is 1.79 bits per heavy atom. The number of anilines is 1. The zero-order chi connectivity index (χ0) is 20.6. The van der Waals surface area contributed by atoms with Gasteiger partial charge >= 0.3 is 0 Å². The predicted octanol–water partition coefficient (Wildman–Crippen LogP) is 4.90. The van der Waals surface area contributed by atoms with Crippen molar-refractivity contribution in [2.24, 2.45) is 5.41 Å². The van der Waals surface area contributed by atoms with Gasteiger partial charge in [-0.2, -0.15) is 0 Å². The number of nitrogens with one attached hydrogen (secondary N) is 1. The van der Waals surface area contributed by atoms with E-state index in [1.165, 1.54) is 11.8 Å². The van der Waals surface area contributed by atoms with Crippen LogP contribution in [0.15, 0.2) is 53.7 Å². The molecule has 2 heterocycles. The third-order valence-electron chi connectivity index (χ3n) is 4.39. The van der Waals surface area contributed by atoms with Gasteiger partial charge in [-0.3, -0.25) is 14.0 Å². The Balaban J connectivity index is 1.45. The van der Waals surface area contributed by atoms with E-state index < -0.39 is 5.41 Å². The lowest BCUT2D eigenvalue weighted by Gasteiger charge is -2.17. The summed E-state index contributed by atoms with van der Waals surface area (Å²) in [6.45, 7) is 5.57. The largest absolute Gasteiger partial charge is 0.326 e. The Hall–Kier alpha value is -2.71. The van der Waals surface area contributed by atoms with Gasteiger partial charge < -0.3 is 5.32 Å². The summed E-state index contributed by atoms with van der Waals surface area (Å²) in [5.74, 6) is 0.199. The van der Waals surface area contributed by atoms with E-state index in [1.807, 2.05) is 49.4 Å². The molecule has 1 amide bonds. The number of thiazole rings is 1. The fourth-order valence-electron chi connectivity index (χ4n) is 2.72. The quantitative estimate of drug-likeness (QED) is 0.364. The van der Waals surface area contributed by atoms with Crippen LogP contribution in [-0.2, 0) is 4.79 Å². The molecule has 0 spiro atoms. The predicted molar refractivity (Wildman–Crippen MR) is 118 cm³/mol. The zero-order valence-electron chi connectivity index (χ0n) is 16.3. The lowest BCUT2D eigenvalue weighted by molar-refractivity contribution is -0.123. The number of Topliss-reactive ketones (excluding diaryl/α,β-unsaturated/α-hetero) is 1. The van der Waals surface area contributed by atoms with Crippen LogP contribution in [0.2, 0.25) is 0 Å². The van der Waals surface area contributed by atoms with Crippen molar-refractivity contribution in [1.29, 1.82) is 0 Å². The second-order valence-corrected chi connectivity index (χ2v) is 9.62. The van der Waals surface area contributed by atoms with E-state index in [-0.39, 0.29) is 17.4 Å². The van der Waals surface area contributed by atoms with Gasteiger partial charge in [0.1, 0.15) is 0 Å². The molecule has 0 bridgehead atoms. The van der Waals surface area contributed by atoms with Gasteiger partial charge in [-0.05, 0) is 36.4 Å². The molecule has 0 aliphatic carbocycles. The maximum absolute atomic E-state index is 12.6. The van der Waals surface area contributed by atoms with Crippen LogP contribution in [0.1, 0.15) is 31.1 Å². The third-order valence-corrected chi connectivity index (χ3v) is 6.33. The number of nitrogens with zero attached hydrogens (tertiary/aromatic N) is 3. The van der Waals surface area contributed by atoms with E-state index in [9.17, 15) is 9.59 Å². The average Bonchev–Trinajstić information content (AvgIpc) is 3.25. The molecular weight excluding hydrogens is 404 g/mol. The summed E-state index contributed by atoms with van der Waals surface area (Å²) in [6, 6.07) is 15.0. The minimum Gasteiger partial charge on any atom is -0.326 e. The number of hydrogen-bond donors (Lipinski definition) is 1. The summed E-state index contributed by atoms with van der Waals surface area (Å²) >= 11 is 2.95. The first-order valence-corrected chi connectivity index (χ1v) is 10.9. The fraction of sp³-hybridized carbons (Fsp3) is 0.238. The van der Waals surface area contributed by atoms with Crippen molar-refractivity contribution in [1.82, 2.24) is 14.6 Å². The molecule has 0 saturated carbocycles. The summed E-state index contributed by atoms with van der Waals surface area (Å²) < 4.78 is 3.13. The van der Waals surface area contributed by atoms with Crippen molar-refractivity contribution >= 4 is 55.7 Å². The van der Waals surface area contributed by atoms with Gasteiger partial charge in [-0.1, -0.05) is 56.0 Å². The van der Waals surface area contributed by atoms with Gasteiger partial charge in [0.15, 0.2) is 10.9 Å². The Labute approximate surface area is 176 Å². The summed E-state index contributed by atoms with van der Waals surface area (Å²) in [7, 11) is 0. The highest BCUT2D eigenvalue weighted by Crippen LogP contribution is 2.29. The number of benzene rings is 2. The molecule has 6 nitrogen and oxygen atoms in total. The second-order valence-electron chi connectivity index (χ2n) is 7.66. The van der Waals surface area contributed by atoms with E-state index >= 15 is 0 Å². The number of carbonyl (C=O) groups excluding carboxylic acids is 2. The number of aromatic nitrogens is 3. The molecule has 0 radical (unpaired) electrons. The lowest BCUT2D eigenvalue weighted by Crippen LogP contribution is -2.27. The third kappa shape index (κ3) is 4.04. The van der Waals surface area contributed by atoms with Gasteiger partial charge in [0, 0.05) is 16.7 Å². The normalized spacial score (nSPS) is 11.8. The van der Waals surface area contributed by atoms with Gasteiger partial charge in [0.05, 0.1) is 16.0 Å². The van der Waals surface area contributed by atoms with E-state index in [0.717, 1.165) is 15.2 Å². The van der Waals surface area contributed by atoms with Crippen LogP contribution in [0.25, 0.3) is 15.2 Å². The first-order valence-electron chi connectivity index (χ1n) is 9.13. The summed E-state index contributed by atoms with van der Waals surface area (Å²) in [4.78, 5) is 25.5. The molecule has 0 saturated heterocycles. The van der Waals surface area contributed by atoms with Crippen molar-refractivity contribution < 1.29 is 9.59 Å². The van der Waals surface area contributed by atoms with Crippen LogP contribution in [0, 0.1) is 5.41 Å². The van der Waals surface area contributed by atoms with Crippen molar-refractivity contribution in [3.05, 3.63) is 54.1 Å². The molecule has 0 fully saturated rings. The first kappa shape index (κ1) is 19.6. The van der Waals surface area contributed by atoms with E-state index in [0.29, 0.717) is 16.4 Å². The van der Waals surface area contributed by atoms with Crippen LogP contribution in [-0.4, -0.2) is 32.0 Å². The van der Waals surface area contributed by atoms with Crippen molar-refractivity contribution in [2.45, 2.75) is 25.9 Å². The van der Waals surface area contributed by atoms with Crippen LogP contribution < -0.4 is 5.32 Å². The minimum absolute atomic E-state index is 0.0000157. The molecular formula is C21H20N4O2S2. The number of para-hydroxylation sites is 1. The first-order chi connectivity index (χ1) is 13.8. The van der Waals surface area contributed by atoms with E-state index in [4.69, 9.17) is 0 Å². The standard InChI is InChI=1S/C21H20N4O2S2/c1-21(2,3)18(27)22-14-10-8-13(9-11-14)16(26)12-28-19-23-24-20-25(19)15-6-4-5-7-17(15)29-20/h4-11H,12H2,1-3H3,(H,22,27). The number of hydrogen-bond acceptors (Lipinski definition) is 6. The molecule has 0 unspecified atom stereocenters. The molecule has 4 rings (SSSR count). The van der Waals surface area contributed by atoms with Crippen LogP contribution in [0.3, 0.4) is 0 Å². The molecule has 0 aliphatic heterocycles. The number of carbonyl (C=O) groups is 2. The fourth-order valence-corrected chi connectivity index (χ4v) is 4.58. The highest BCUT2D eigenvalue weighted by Gasteiger charge is 2.21. The van der Waals surface area contributed by atoms with Gasteiger partial charge in [0.2, 0.25) is 10.9 Å². The van der Waals surface area contributed by atoms with E-state index in [1.54, 1.807) is 35.6 Å².